The van der Waals surface area contributed by atoms with Gasteiger partial charge in [0, 0.05) is 7.05 Å². The van der Waals surface area contributed by atoms with Gasteiger partial charge in [-0.2, -0.15) is 0 Å². The molecule has 2 rings (SSSR count). The van der Waals surface area contributed by atoms with Gasteiger partial charge in [0.25, 0.3) is 0 Å². The molecule has 0 unspecified atom stereocenters. The zero-order chi connectivity index (χ0) is 12.6. The van der Waals surface area contributed by atoms with Crippen molar-refractivity contribution in [1.82, 2.24) is 4.98 Å². The molecule has 1 aromatic carbocycles. The molecule has 0 aliphatic carbocycles. The molecule has 0 radical (unpaired) electrons. The maximum absolute atomic E-state index is 9.39. The summed E-state index contributed by atoms with van der Waals surface area (Å²) < 4.78 is 1.08. The van der Waals surface area contributed by atoms with Crippen LogP contribution in [0.5, 0.6) is 0 Å². The first-order valence-corrected chi connectivity index (χ1v) is 6.31. The minimum absolute atomic E-state index is 0.0675. The molecule has 5 heteroatoms. The summed E-state index contributed by atoms with van der Waals surface area (Å²) in [6.45, 7) is 4.01. The van der Waals surface area contributed by atoms with Crippen molar-refractivity contribution in [1.29, 1.82) is 0 Å². The lowest BCUT2D eigenvalue weighted by Gasteiger charge is -2.36. The Kier molecular flexibility index (Phi) is 2.97. The van der Waals surface area contributed by atoms with Crippen LogP contribution in [0.25, 0.3) is 10.2 Å². The Balaban J connectivity index is 2.52. The van der Waals surface area contributed by atoms with E-state index in [9.17, 15) is 5.11 Å². The molecule has 0 atom stereocenters. The normalized spacial score (nSPS) is 12.0. The van der Waals surface area contributed by atoms with Crippen molar-refractivity contribution in [3.63, 3.8) is 0 Å². The molecule has 0 bridgehead atoms. The zero-order valence-corrected chi connectivity index (χ0v) is 11.1. The van der Waals surface area contributed by atoms with E-state index in [-0.39, 0.29) is 12.1 Å². The van der Waals surface area contributed by atoms with Crippen LogP contribution in [0.4, 0.5) is 11.4 Å². The molecule has 4 nitrogen and oxygen atoms in total. The Morgan fingerprint density at radius 2 is 2.18 bits per heavy atom. The van der Waals surface area contributed by atoms with Crippen LogP contribution in [-0.2, 0) is 0 Å². The summed E-state index contributed by atoms with van der Waals surface area (Å²) in [5.74, 6) is 0. The summed E-state index contributed by atoms with van der Waals surface area (Å²) in [5.41, 5.74) is 10.0. The predicted octanol–water partition coefficient (Wildman–Crippen LogP) is 2.09. The van der Waals surface area contributed by atoms with E-state index in [1.54, 1.807) is 16.8 Å². The number of nitrogen functional groups attached to an aromatic ring is 1. The van der Waals surface area contributed by atoms with Crippen molar-refractivity contribution in [2.24, 2.45) is 0 Å². The number of thiazole rings is 1. The number of anilines is 2. The predicted molar refractivity (Wildman–Crippen MR) is 73.6 cm³/mol. The van der Waals surface area contributed by atoms with Gasteiger partial charge in [0.15, 0.2) is 0 Å². The van der Waals surface area contributed by atoms with E-state index in [0.29, 0.717) is 5.69 Å². The second-order valence-corrected chi connectivity index (χ2v) is 5.61. The van der Waals surface area contributed by atoms with Crippen molar-refractivity contribution in [3.8, 4) is 0 Å². The standard InChI is InChI=1S/C12H17N3OS/c1-12(2,6-16)15(3)8-4-5-9-11(10(8)13)14-7-17-9/h4-5,7,16H,6,13H2,1-3H3. The van der Waals surface area contributed by atoms with Gasteiger partial charge in [-0.25, -0.2) is 4.98 Å². The lowest BCUT2D eigenvalue weighted by atomic mass is 10.0. The number of aromatic nitrogens is 1. The minimum atomic E-state index is -0.349. The topological polar surface area (TPSA) is 62.4 Å². The van der Waals surface area contributed by atoms with E-state index in [1.807, 2.05) is 37.9 Å². The summed E-state index contributed by atoms with van der Waals surface area (Å²) in [4.78, 5) is 6.26. The number of rotatable bonds is 3. The molecule has 92 valence electrons. The molecule has 3 N–H and O–H groups in total. The van der Waals surface area contributed by atoms with Gasteiger partial charge >= 0.3 is 0 Å². The number of aliphatic hydroxyl groups excluding tert-OH is 1. The van der Waals surface area contributed by atoms with E-state index in [2.05, 4.69) is 4.98 Å². The maximum Gasteiger partial charge on any atom is 0.106 e. The fourth-order valence-electron chi connectivity index (χ4n) is 1.67. The minimum Gasteiger partial charge on any atom is -0.395 e. The van der Waals surface area contributed by atoms with E-state index in [1.165, 1.54) is 0 Å². The Morgan fingerprint density at radius 3 is 2.82 bits per heavy atom. The van der Waals surface area contributed by atoms with Gasteiger partial charge in [-0.15, -0.1) is 11.3 Å². The number of benzene rings is 1. The van der Waals surface area contributed by atoms with Crippen molar-refractivity contribution < 1.29 is 5.11 Å². The number of fused-ring (bicyclic) bond motifs is 1. The summed E-state index contributed by atoms with van der Waals surface area (Å²) in [6.07, 6.45) is 0. The highest BCUT2D eigenvalue weighted by Gasteiger charge is 2.24. The van der Waals surface area contributed by atoms with Gasteiger partial charge in [0.1, 0.15) is 5.52 Å². The van der Waals surface area contributed by atoms with Crippen LogP contribution in [0.15, 0.2) is 17.6 Å². The average Bonchev–Trinajstić information content (AvgIpc) is 2.78. The molecule has 0 aliphatic rings. The molecule has 0 spiro atoms. The quantitative estimate of drug-likeness (QED) is 0.820. The highest BCUT2D eigenvalue weighted by molar-refractivity contribution is 7.16. The van der Waals surface area contributed by atoms with Crippen molar-refractivity contribution in [2.45, 2.75) is 19.4 Å². The first-order chi connectivity index (χ1) is 7.97. The third kappa shape index (κ3) is 1.96. The van der Waals surface area contributed by atoms with Gasteiger partial charge in [0.2, 0.25) is 0 Å². The van der Waals surface area contributed by atoms with Crippen LogP contribution in [-0.4, -0.2) is 29.3 Å². The lowest BCUT2D eigenvalue weighted by molar-refractivity contribution is 0.216. The van der Waals surface area contributed by atoms with Gasteiger partial charge in [-0.1, -0.05) is 0 Å². The molecule has 1 heterocycles. The Bertz CT molecular complexity index is 536. The summed E-state index contributed by atoms with van der Waals surface area (Å²) in [7, 11) is 1.93. The Labute approximate surface area is 105 Å². The molecular weight excluding hydrogens is 234 g/mol. The Morgan fingerprint density at radius 1 is 1.47 bits per heavy atom. The highest BCUT2D eigenvalue weighted by Crippen LogP contribution is 2.34. The summed E-state index contributed by atoms with van der Waals surface area (Å²) in [6, 6.07) is 4.00. The second kappa shape index (κ2) is 4.16. The number of likely N-dealkylation sites (N-methyl/N-ethyl adjacent to an activating group) is 1. The molecule has 0 fully saturated rings. The zero-order valence-electron chi connectivity index (χ0n) is 10.3. The second-order valence-electron chi connectivity index (χ2n) is 4.73. The van der Waals surface area contributed by atoms with Crippen LogP contribution >= 0.6 is 11.3 Å². The van der Waals surface area contributed by atoms with Crippen LogP contribution in [0.2, 0.25) is 0 Å². The fourth-order valence-corrected chi connectivity index (χ4v) is 2.36. The van der Waals surface area contributed by atoms with Crippen molar-refractivity contribution in [3.05, 3.63) is 17.6 Å². The first-order valence-electron chi connectivity index (χ1n) is 5.44. The number of nitrogens with zero attached hydrogens (tertiary/aromatic N) is 2. The van der Waals surface area contributed by atoms with Crippen LogP contribution < -0.4 is 10.6 Å². The van der Waals surface area contributed by atoms with Crippen LogP contribution in [0, 0.1) is 0 Å². The fraction of sp³-hybridized carbons (Fsp3) is 0.417. The van der Waals surface area contributed by atoms with Crippen LogP contribution in [0.3, 0.4) is 0 Å². The number of hydrogen-bond acceptors (Lipinski definition) is 5. The molecule has 2 aromatic rings. The Hall–Kier alpha value is -1.33. The molecule has 0 aliphatic heterocycles. The summed E-state index contributed by atoms with van der Waals surface area (Å²) in [5, 5.41) is 9.39. The lowest BCUT2D eigenvalue weighted by Crippen LogP contribution is -2.44. The third-order valence-electron chi connectivity index (χ3n) is 3.17. The molecule has 0 amide bonds. The average molecular weight is 251 g/mol. The van der Waals surface area contributed by atoms with Crippen molar-refractivity contribution in [2.75, 3.05) is 24.3 Å². The molecule has 17 heavy (non-hydrogen) atoms. The molecule has 1 aromatic heterocycles. The van der Waals surface area contributed by atoms with Crippen LogP contribution in [0.1, 0.15) is 13.8 Å². The van der Waals surface area contributed by atoms with E-state index in [0.717, 1.165) is 15.9 Å². The number of hydrogen-bond donors (Lipinski definition) is 2. The monoisotopic (exact) mass is 251 g/mol. The number of aliphatic hydroxyl groups is 1. The molecule has 0 saturated carbocycles. The SMILES string of the molecule is CN(c1ccc2scnc2c1N)C(C)(C)CO. The largest absolute Gasteiger partial charge is 0.395 e. The smallest absolute Gasteiger partial charge is 0.106 e. The van der Waals surface area contributed by atoms with Gasteiger partial charge in [-0.3, -0.25) is 0 Å². The molecule has 0 saturated heterocycles. The first kappa shape index (κ1) is 12.1. The third-order valence-corrected chi connectivity index (χ3v) is 3.97. The van der Waals surface area contributed by atoms with Gasteiger partial charge < -0.3 is 15.7 Å². The van der Waals surface area contributed by atoms with Crippen molar-refractivity contribution >= 4 is 32.9 Å². The van der Waals surface area contributed by atoms with E-state index >= 15 is 0 Å². The highest BCUT2D eigenvalue weighted by atomic mass is 32.1. The van der Waals surface area contributed by atoms with Gasteiger partial charge in [0.05, 0.1) is 33.7 Å². The van der Waals surface area contributed by atoms with Gasteiger partial charge in [-0.05, 0) is 26.0 Å². The summed E-state index contributed by atoms with van der Waals surface area (Å²) >= 11 is 1.58. The van der Waals surface area contributed by atoms with E-state index in [4.69, 9.17) is 5.73 Å². The number of nitrogens with two attached hydrogens (primary N) is 1. The van der Waals surface area contributed by atoms with E-state index < -0.39 is 0 Å². The maximum atomic E-state index is 9.39. The molecular formula is C12H17N3OS.